The third-order valence-electron chi connectivity index (χ3n) is 2.65. The number of nitrogens with one attached hydrogen (secondary N) is 1. The summed E-state index contributed by atoms with van der Waals surface area (Å²) in [6.45, 7) is 0. The number of hydrogen-bond acceptors (Lipinski definition) is 3. The van der Waals surface area contributed by atoms with E-state index >= 15 is 0 Å². The number of hydrogen-bond donors (Lipinski definition) is 2. The number of rotatable bonds is 3. The second-order valence-corrected chi connectivity index (χ2v) is 4.81. The number of benzene rings is 1. The Kier molecular flexibility index (Phi) is 2.90. The largest absolute Gasteiger partial charge is 0.495 e. The minimum atomic E-state index is -0.652. The average molecular weight is 285 g/mol. The highest BCUT2D eigenvalue weighted by Crippen LogP contribution is 2.34. The first-order valence-electron chi connectivity index (χ1n) is 4.99. The molecule has 0 radical (unpaired) electrons. The topological polar surface area (TPSA) is 64.3 Å². The van der Waals surface area contributed by atoms with Crippen molar-refractivity contribution in [1.29, 1.82) is 0 Å². The van der Waals surface area contributed by atoms with Crippen molar-refractivity contribution in [2.24, 2.45) is 5.73 Å². The maximum atomic E-state index is 11.7. The van der Waals surface area contributed by atoms with E-state index in [4.69, 9.17) is 10.5 Å². The molecule has 16 heavy (non-hydrogen) atoms. The van der Waals surface area contributed by atoms with Gasteiger partial charge in [-0.25, -0.2) is 0 Å². The van der Waals surface area contributed by atoms with Crippen LogP contribution < -0.4 is 15.8 Å². The van der Waals surface area contributed by atoms with Gasteiger partial charge in [-0.15, -0.1) is 0 Å². The number of nitrogens with two attached hydrogens (primary N) is 1. The molecule has 1 aliphatic carbocycles. The van der Waals surface area contributed by atoms with E-state index < -0.39 is 5.54 Å². The minimum absolute atomic E-state index is 0.128. The zero-order valence-electron chi connectivity index (χ0n) is 8.92. The van der Waals surface area contributed by atoms with Gasteiger partial charge in [-0.1, -0.05) is 0 Å². The fourth-order valence-electron chi connectivity index (χ4n) is 1.35. The number of anilines is 1. The van der Waals surface area contributed by atoms with Gasteiger partial charge in [0.25, 0.3) is 0 Å². The van der Waals surface area contributed by atoms with Crippen LogP contribution in [0.3, 0.4) is 0 Å². The maximum absolute atomic E-state index is 11.7. The molecule has 1 amide bonds. The fourth-order valence-corrected chi connectivity index (χ4v) is 1.76. The van der Waals surface area contributed by atoms with Gasteiger partial charge in [0.05, 0.1) is 17.1 Å². The summed E-state index contributed by atoms with van der Waals surface area (Å²) < 4.78 is 5.99. The second kappa shape index (κ2) is 4.07. The Morgan fingerprint density at radius 3 is 2.81 bits per heavy atom. The second-order valence-electron chi connectivity index (χ2n) is 3.96. The van der Waals surface area contributed by atoms with E-state index in [1.165, 1.54) is 0 Å². The number of methoxy groups -OCH3 is 1. The van der Waals surface area contributed by atoms with E-state index in [2.05, 4.69) is 21.2 Å². The highest BCUT2D eigenvalue weighted by Gasteiger charge is 2.45. The lowest BCUT2D eigenvalue weighted by Gasteiger charge is -2.11. The van der Waals surface area contributed by atoms with Crippen molar-refractivity contribution >= 4 is 27.5 Å². The van der Waals surface area contributed by atoms with E-state index in [-0.39, 0.29) is 5.91 Å². The maximum Gasteiger partial charge on any atom is 0.244 e. The van der Waals surface area contributed by atoms with Crippen LogP contribution >= 0.6 is 15.9 Å². The molecule has 1 aromatic carbocycles. The summed E-state index contributed by atoms with van der Waals surface area (Å²) in [5.41, 5.74) is 5.83. The molecule has 1 aromatic rings. The summed E-state index contributed by atoms with van der Waals surface area (Å²) >= 11 is 3.35. The molecule has 5 heteroatoms. The number of amides is 1. The molecular weight excluding hydrogens is 272 g/mol. The van der Waals surface area contributed by atoms with Gasteiger partial charge in [-0.05, 0) is 40.9 Å². The molecule has 0 aliphatic heterocycles. The zero-order chi connectivity index (χ0) is 11.8. The molecule has 4 nitrogen and oxygen atoms in total. The van der Waals surface area contributed by atoms with E-state index in [0.29, 0.717) is 11.4 Å². The van der Waals surface area contributed by atoms with E-state index in [1.807, 2.05) is 6.07 Å². The quantitative estimate of drug-likeness (QED) is 0.891. The first kappa shape index (κ1) is 11.4. The molecule has 0 spiro atoms. The summed E-state index contributed by atoms with van der Waals surface area (Å²) in [5, 5.41) is 2.78. The Hall–Kier alpha value is -1.07. The lowest BCUT2D eigenvalue weighted by atomic mass is 10.2. The molecule has 0 unspecified atom stereocenters. The Labute approximate surface area is 102 Å². The molecule has 1 fully saturated rings. The van der Waals surface area contributed by atoms with Gasteiger partial charge < -0.3 is 15.8 Å². The molecule has 1 saturated carbocycles. The molecule has 0 atom stereocenters. The summed E-state index contributed by atoms with van der Waals surface area (Å²) in [5.74, 6) is 0.552. The molecule has 0 bridgehead atoms. The van der Waals surface area contributed by atoms with Crippen molar-refractivity contribution in [3.05, 3.63) is 22.7 Å². The van der Waals surface area contributed by atoms with Gasteiger partial charge in [-0.3, -0.25) is 4.79 Å². The highest BCUT2D eigenvalue weighted by atomic mass is 79.9. The molecule has 3 N–H and O–H groups in total. The van der Waals surface area contributed by atoms with Crippen molar-refractivity contribution in [3.8, 4) is 5.75 Å². The zero-order valence-corrected chi connectivity index (χ0v) is 10.5. The predicted molar refractivity (Wildman–Crippen MR) is 65.5 cm³/mol. The third-order valence-corrected chi connectivity index (χ3v) is 3.30. The van der Waals surface area contributed by atoms with E-state index in [9.17, 15) is 4.79 Å². The summed E-state index contributed by atoms with van der Waals surface area (Å²) in [4.78, 5) is 11.7. The lowest BCUT2D eigenvalue weighted by Crippen LogP contribution is -2.37. The van der Waals surface area contributed by atoms with Crippen LogP contribution in [0.1, 0.15) is 12.8 Å². The number of carbonyl (C=O) groups excluding carboxylic acids is 1. The number of ether oxygens (including phenoxy) is 1. The molecule has 86 valence electrons. The van der Waals surface area contributed by atoms with Crippen LogP contribution in [0.5, 0.6) is 5.75 Å². The van der Waals surface area contributed by atoms with Gasteiger partial charge in [-0.2, -0.15) is 0 Å². The van der Waals surface area contributed by atoms with Crippen LogP contribution in [0.4, 0.5) is 5.69 Å². The van der Waals surface area contributed by atoms with E-state index in [1.54, 1.807) is 19.2 Å². The van der Waals surface area contributed by atoms with Gasteiger partial charge in [0.1, 0.15) is 5.75 Å². The predicted octanol–water partition coefficient (Wildman–Crippen LogP) is 1.89. The first-order chi connectivity index (χ1) is 7.55. The van der Waals surface area contributed by atoms with Gasteiger partial charge in [0.2, 0.25) is 5.91 Å². The summed E-state index contributed by atoms with van der Waals surface area (Å²) in [6.07, 6.45) is 1.51. The standard InChI is InChI=1S/C11H13BrN2O2/c1-16-9-6-7(2-3-8(9)12)14-10(15)11(13)4-5-11/h2-3,6H,4-5,13H2,1H3,(H,14,15). The van der Waals surface area contributed by atoms with E-state index in [0.717, 1.165) is 17.3 Å². The molecule has 1 aliphatic rings. The monoisotopic (exact) mass is 284 g/mol. The number of halogens is 1. The number of carbonyl (C=O) groups is 1. The van der Waals surface area contributed by atoms with Crippen LogP contribution in [-0.4, -0.2) is 18.6 Å². The highest BCUT2D eigenvalue weighted by molar-refractivity contribution is 9.10. The fraction of sp³-hybridized carbons (Fsp3) is 0.364. The third kappa shape index (κ3) is 2.20. The van der Waals surface area contributed by atoms with Crippen LogP contribution in [0.2, 0.25) is 0 Å². The summed E-state index contributed by atoms with van der Waals surface area (Å²) in [6, 6.07) is 5.38. The smallest absolute Gasteiger partial charge is 0.244 e. The normalized spacial score (nSPS) is 16.7. The Bertz CT molecular complexity index is 430. The van der Waals surface area contributed by atoms with Crippen LogP contribution in [-0.2, 0) is 4.79 Å². The molecular formula is C11H13BrN2O2. The van der Waals surface area contributed by atoms with Crippen LogP contribution in [0.15, 0.2) is 22.7 Å². The summed E-state index contributed by atoms with van der Waals surface area (Å²) in [7, 11) is 1.58. The lowest BCUT2D eigenvalue weighted by molar-refractivity contribution is -0.118. The van der Waals surface area contributed by atoms with Crippen LogP contribution in [0.25, 0.3) is 0 Å². The van der Waals surface area contributed by atoms with Crippen molar-refractivity contribution < 1.29 is 9.53 Å². The van der Waals surface area contributed by atoms with Gasteiger partial charge in [0, 0.05) is 11.8 Å². The average Bonchev–Trinajstić information content (AvgIpc) is 3.01. The minimum Gasteiger partial charge on any atom is -0.495 e. The van der Waals surface area contributed by atoms with Crippen molar-refractivity contribution in [2.45, 2.75) is 18.4 Å². The Balaban J connectivity index is 2.12. The Morgan fingerprint density at radius 1 is 1.56 bits per heavy atom. The van der Waals surface area contributed by atoms with Gasteiger partial charge >= 0.3 is 0 Å². The first-order valence-corrected chi connectivity index (χ1v) is 5.78. The van der Waals surface area contributed by atoms with Crippen LogP contribution in [0, 0.1) is 0 Å². The molecule has 0 saturated heterocycles. The van der Waals surface area contributed by atoms with Crippen molar-refractivity contribution in [2.75, 3.05) is 12.4 Å². The van der Waals surface area contributed by atoms with Crippen molar-refractivity contribution in [3.63, 3.8) is 0 Å². The van der Waals surface area contributed by atoms with Crippen molar-refractivity contribution in [1.82, 2.24) is 0 Å². The molecule has 0 aromatic heterocycles. The SMILES string of the molecule is COc1cc(NC(=O)C2(N)CC2)ccc1Br. The van der Waals surface area contributed by atoms with Gasteiger partial charge in [0.15, 0.2) is 0 Å². The molecule has 0 heterocycles. The molecule has 2 rings (SSSR count). The Morgan fingerprint density at radius 2 is 2.25 bits per heavy atom.